The highest BCUT2D eigenvalue weighted by atomic mass is 32.2. The van der Waals surface area contributed by atoms with E-state index in [9.17, 15) is 13.2 Å². The van der Waals surface area contributed by atoms with E-state index in [0.29, 0.717) is 23.8 Å². The number of sulfonamides is 1. The summed E-state index contributed by atoms with van der Waals surface area (Å²) in [5.74, 6) is -0.375. The predicted octanol–water partition coefficient (Wildman–Crippen LogP) is 2.93. The van der Waals surface area contributed by atoms with E-state index in [0.717, 1.165) is 25.0 Å². The van der Waals surface area contributed by atoms with E-state index < -0.39 is 15.9 Å². The van der Waals surface area contributed by atoms with Crippen LogP contribution in [-0.2, 0) is 10.0 Å². The Kier molecular flexibility index (Phi) is 5.43. The number of nitrogens with one attached hydrogen (secondary N) is 1. The molecular weight excluding hydrogens is 414 g/mol. The van der Waals surface area contributed by atoms with Gasteiger partial charge in [-0.1, -0.05) is 12.5 Å². The maximum Gasteiger partial charge on any atom is 0.257 e. The predicted molar refractivity (Wildman–Crippen MR) is 107 cm³/mol. The Labute approximate surface area is 171 Å². The van der Waals surface area contributed by atoms with Gasteiger partial charge in [-0.3, -0.25) is 4.79 Å². The number of hydrogen-bond donors (Lipinski definition) is 1. The maximum atomic E-state index is 12.9. The van der Waals surface area contributed by atoms with Gasteiger partial charge in [0.2, 0.25) is 15.8 Å². The molecule has 0 bridgehead atoms. The average Bonchev–Trinajstić information content (AvgIpc) is 3.37. The zero-order chi connectivity index (χ0) is 20.4. The minimum atomic E-state index is -3.63. The number of piperidine rings is 1. The quantitative estimate of drug-likeness (QED) is 0.657. The van der Waals surface area contributed by atoms with E-state index in [4.69, 9.17) is 4.63 Å². The van der Waals surface area contributed by atoms with Crippen LogP contribution in [0.15, 0.2) is 39.2 Å². The van der Waals surface area contributed by atoms with E-state index in [1.165, 1.54) is 27.8 Å². The summed E-state index contributed by atoms with van der Waals surface area (Å²) in [4.78, 5) is 17.1. The Balaban J connectivity index is 1.56. The fraction of sp³-hybridized carbons (Fsp3) is 0.333. The highest BCUT2D eigenvalue weighted by Gasteiger charge is 2.27. The van der Waals surface area contributed by atoms with Crippen LogP contribution in [0.1, 0.15) is 35.3 Å². The second-order valence-electron chi connectivity index (χ2n) is 6.70. The smallest absolute Gasteiger partial charge is 0.257 e. The largest absolute Gasteiger partial charge is 0.302 e. The van der Waals surface area contributed by atoms with E-state index >= 15 is 0 Å². The SMILES string of the molecule is Cc1csc(-c2nonc2NC(=O)c2cccc(S(=O)(=O)N3CCCCC3)c2)n1. The van der Waals surface area contributed by atoms with Gasteiger partial charge in [0, 0.05) is 29.7 Å². The van der Waals surface area contributed by atoms with Crippen LogP contribution in [0.5, 0.6) is 0 Å². The third kappa shape index (κ3) is 4.07. The molecule has 1 saturated heterocycles. The number of benzene rings is 1. The fourth-order valence-corrected chi connectivity index (χ4v) is 5.45. The highest BCUT2D eigenvalue weighted by Crippen LogP contribution is 2.28. The molecule has 1 aliphatic heterocycles. The van der Waals surface area contributed by atoms with E-state index in [1.54, 1.807) is 12.1 Å². The van der Waals surface area contributed by atoms with Crippen LogP contribution >= 0.6 is 11.3 Å². The van der Waals surface area contributed by atoms with Gasteiger partial charge < -0.3 is 5.32 Å². The molecular formula is C18H19N5O4S2. The summed E-state index contributed by atoms with van der Waals surface area (Å²) in [7, 11) is -3.63. The lowest BCUT2D eigenvalue weighted by molar-refractivity contribution is 0.102. The Morgan fingerprint density at radius 2 is 2.00 bits per heavy atom. The van der Waals surface area contributed by atoms with Crippen LogP contribution < -0.4 is 5.32 Å². The first-order chi connectivity index (χ1) is 13.9. The van der Waals surface area contributed by atoms with Crippen LogP contribution in [0.3, 0.4) is 0 Å². The molecule has 1 aliphatic rings. The topological polar surface area (TPSA) is 118 Å². The molecule has 1 aromatic carbocycles. The molecule has 9 nitrogen and oxygen atoms in total. The zero-order valence-corrected chi connectivity index (χ0v) is 17.3. The number of carbonyl (C=O) groups is 1. The number of aryl methyl sites for hydroxylation is 1. The van der Waals surface area contributed by atoms with Crippen LogP contribution in [0, 0.1) is 6.92 Å². The van der Waals surface area contributed by atoms with Gasteiger partial charge in [-0.05, 0) is 48.3 Å². The van der Waals surface area contributed by atoms with Gasteiger partial charge in [-0.25, -0.2) is 18.0 Å². The van der Waals surface area contributed by atoms with Crippen LogP contribution in [-0.4, -0.2) is 47.0 Å². The third-order valence-electron chi connectivity index (χ3n) is 4.59. The molecule has 0 atom stereocenters. The van der Waals surface area contributed by atoms with Crippen LogP contribution in [0.2, 0.25) is 0 Å². The lowest BCUT2D eigenvalue weighted by atomic mass is 10.2. The average molecular weight is 434 g/mol. The van der Waals surface area contributed by atoms with Crippen molar-refractivity contribution in [3.05, 3.63) is 40.9 Å². The number of nitrogens with zero attached hydrogens (tertiary/aromatic N) is 4. The van der Waals surface area contributed by atoms with Crippen LogP contribution in [0.25, 0.3) is 10.7 Å². The van der Waals surface area contributed by atoms with Crippen molar-refractivity contribution >= 4 is 33.1 Å². The highest BCUT2D eigenvalue weighted by molar-refractivity contribution is 7.89. The normalized spacial score (nSPS) is 15.3. The number of rotatable bonds is 5. The van der Waals surface area contributed by atoms with Crippen molar-refractivity contribution in [2.45, 2.75) is 31.1 Å². The van der Waals surface area contributed by atoms with Gasteiger partial charge in [0.1, 0.15) is 5.01 Å². The molecule has 152 valence electrons. The van der Waals surface area contributed by atoms with E-state index in [2.05, 4.69) is 20.6 Å². The lowest BCUT2D eigenvalue weighted by Crippen LogP contribution is -2.35. The summed E-state index contributed by atoms with van der Waals surface area (Å²) in [5, 5.41) is 12.6. The molecule has 0 saturated carbocycles. The zero-order valence-electron chi connectivity index (χ0n) is 15.7. The first-order valence-electron chi connectivity index (χ1n) is 9.12. The fourth-order valence-electron chi connectivity index (χ4n) is 3.11. The first-order valence-corrected chi connectivity index (χ1v) is 11.4. The molecule has 11 heteroatoms. The minimum Gasteiger partial charge on any atom is -0.302 e. The molecule has 3 heterocycles. The molecule has 0 radical (unpaired) electrons. The number of amides is 1. The van der Waals surface area contributed by atoms with Crippen molar-refractivity contribution in [2.75, 3.05) is 18.4 Å². The molecule has 1 amide bonds. The van der Waals surface area contributed by atoms with Gasteiger partial charge in [-0.15, -0.1) is 11.3 Å². The maximum absolute atomic E-state index is 12.9. The number of aromatic nitrogens is 3. The minimum absolute atomic E-state index is 0.0982. The van der Waals surface area contributed by atoms with Gasteiger partial charge >= 0.3 is 0 Å². The van der Waals surface area contributed by atoms with Gasteiger partial charge in [0.15, 0.2) is 5.69 Å². The summed E-state index contributed by atoms with van der Waals surface area (Å²) in [6, 6.07) is 5.98. The van der Waals surface area contributed by atoms with E-state index in [1.807, 2.05) is 12.3 Å². The van der Waals surface area contributed by atoms with Gasteiger partial charge in [0.05, 0.1) is 4.90 Å². The summed E-state index contributed by atoms with van der Waals surface area (Å²) in [6.45, 7) is 2.85. The second-order valence-corrected chi connectivity index (χ2v) is 9.50. The monoisotopic (exact) mass is 433 g/mol. The number of thiazole rings is 1. The molecule has 3 aromatic rings. The Morgan fingerprint density at radius 1 is 1.21 bits per heavy atom. The summed E-state index contributed by atoms with van der Waals surface area (Å²) in [6.07, 6.45) is 2.72. The number of anilines is 1. The Morgan fingerprint density at radius 3 is 2.72 bits per heavy atom. The summed E-state index contributed by atoms with van der Waals surface area (Å²) < 4.78 is 32.0. The van der Waals surface area contributed by atoms with E-state index in [-0.39, 0.29) is 16.3 Å². The molecule has 2 aromatic heterocycles. The van der Waals surface area contributed by atoms with Crippen LogP contribution in [0.4, 0.5) is 5.82 Å². The number of hydrogen-bond acceptors (Lipinski definition) is 8. The Hall–Kier alpha value is -2.63. The first kappa shape index (κ1) is 19.7. The molecule has 4 rings (SSSR count). The molecule has 0 aliphatic carbocycles. The molecule has 0 unspecified atom stereocenters. The van der Waals surface area contributed by atoms with Crippen molar-refractivity contribution in [3.63, 3.8) is 0 Å². The molecule has 29 heavy (non-hydrogen) atoms. The summed E-state index contributed by atoms with van der Waals surface area (Å²) >= 11 is 1.36. The van der Waals surface area contributed by atoms with Gasteiger partial charge in [0.25, 0.3) is 5.91 Å². The lowest BCUT2D eigenvalue weighted by Gasteiger charge is -2.26. The molecule has 0 spiro atoms. The molecule has 1 N–H and O–H groups in total. The van der Waals surface area contributed by atoms with Crippen molar-refractivity contribution < 1.29 is 17.8 Å². The van der Waals surface area contributed by atoms with Gasteiger partial charge in [-0.2, -0.15) is 4.31 Å². The van der Waals surface area contributed by atoms with Crippen molar-refractivity contribution in [1.29, 1.82) is 0 Å². The molecule has 1 fully saturated rings. The van der Waals surface area contributed by atoms with Crippen molar-refractivity contribution in [1.82, 2.24) is 19.6 Å². The third-order valence-corrected chi connectivity index (χ3v) is 7.45. The van der Waals surface area contributed by atoms with Crippen molar-refractivity contribution in [2.24, 2.45) is 0 Å². The standard InChI is InChI=1S/C18H19N5O4S2/c1-12-11-28-18(19-12)15-16(22-27-21-15)20-17(24)13-6-5-7-14(10-13)29(25,26)23-8-3-2-4-9-23/h5-7,10-11H,2-4,8-9H2,1H3,(H,20,22,24). The second kappa shape index (κ2) is 8.01. The summed E-state index contributed by atoms with van der Waals surface area (Å²) in [5.41, 5.74) is 1.35. The number of carbonyl (C=O) groups excluding carboxylic acids is 1. The van der Waals surface area contributed by atoms with Crippen molar-refractivity contribution in [3.8, 4) is 10.7 Å². The Bertz CT molecular complexity index is 1130.